The van der Waals surface area contributed by atoms with Crippen molar-refractivity contribution in [2.75, 3.05) is 27.3 Å². The van der Waals surface area contributed by atoms with Crippen LogP contribution in [0.4, 0.5) is 0 Å². The standard InChI is InChI=1S/C25H36BrNO6/c1-6-32-21(29)23(13-16(3)26,22(30)33-7-2)14-18-12-19(28)20-24(18,27(4)5)15-17-10-8-9-11-25(17,20)31/h12,17,20,31H,3,6-11,13-15H2,1-2,4-5H3/t17-,20-,24-,25+/m1/s1. The van der Waals surface area contributed by atoms with Crippen LogP contribution in [0, 0.1) is 17.3 Å². The van der Waals surface area contributed by atoms with Crippen molar-refractivity contribution < 1.29 is 29.0 Å². The highest BCUT2D eigenvalue weighted by atomic mass is 79.9. The fourth-order valence-corrected chi connectivity index (χ4v) is 7.03. The van der Waals surface area contributed by atoms with E-state index in [9.17, 15) is 19.5 Å². The molecule has 4 atom stereocenters. The molecule has 0 bridgehead atoms. The Bertz CT molecular complexity index is 849. The van der Waals surface area contributed by atoms with E-state index >= 15 is 0 Å². The minimum Gasteiger partial charge on any atom is -0.465 e. The van der Waals surface area contributed by atoms with E-state index in [-0.39, 0.29) is 37.8 Å². The van der Waals surface area contributed by atoms with E-state index in [1.165, 1.54) is 0 Å². The van der Waals surface area contributed by atoms with E-state index in [0.717, 1.165) is 19.3 Å². The van der Waals surface area contributed by atoms with Crippen molar-refractivity contribution in [1.82, 2.24) is 4.90 Å². The van der Waals surface area contributed by atoms with Crippen LogP contribution < -0.4 is 0 Å². The third-order valence-corrected chi connectivity index (χ3v) is 8.18. The lowest BCUT2D eigenvalue weighted by Crippen LogP contribution is -2.55. The summed E-state index contributed by atoms with van der Waals surface area (Å²) in [6.45, 7) is 7.45. The summed E-state index contributed by atoms with van der Waals surface area (Å²) in [4.78, 5) is 42.0. The maximum Gasteiger partial charge on any atom is 0.324 e. The number of ether oxygens (including phenoxy) is 2. The van der Waals surface area contributed by atoms with Gasteiger partial charge in [-0.05, 0) is 75.7 Å². The van der Waals surface area contributed by atoms with E-state index < -0.39 is 34.4 Å². The molecular formula is C25H36BrNO6. The number of hydrogen-bond donors (Lipinski definition) is 1. The molecule has 0 unspecified atom stereocenters. The zero-order valence-electron chi connectivity index (χ0n) is 20.1. The molecule has 0 aromatic heterocycles. The average Bonchev–Trinajstić information content (AvgIpc) is 3.18. The van der Waals surface area contributed by atoms with Gasteiger partial charge >= 0.3 is 11.9 Å². The monoisotopic (exact) mass is 525 g/mol. The van der Waals surface area contributed by atoms with E-state index in [0.29, 0.717) is 22.9 Å². The maximum absolute atomic E-state index is 13.4. The van der Waals surface area contributed by atoms with Crippen LogP contribution in [0.25, 0.3) is 0 Å². The molecule has 0 radical (unpaired) electrons. The molecule has 184 valence electrons. The minimum absolute atomic E-state index is 0.00275. The quantitative estimate of drug-likeness (QED) is 0.363. The summed E-state index contributed by atoms with van der Waals surface area (Å²) in [5.74, 6) is -2.13. The van der Waals surface area contributed by atoms with Crippen LogP contribution in [-0.4, -0.2) is 66.2 Å². The highest BCUT2D eigenvalue weighted by Crippen LogP contribution is 2.62. The number of halogens is 1. The topological polar surface area (TPSA) is 93.1 Å². The van der Waals surface area contributed by atoms with Gasteiger partial charge in [-0.15, -0.1) is 0 Å². The normalized spacial score (nSPS) is 31.1. The Labute approximate surface area is 204 Å². The fourth-order valence-electron chi connectivity index (χ4n) is 6.55. The molecular weight excluding hydrogens is 490 g/mol. The number of hydrogen-bond acceptors (Lipinski definition) is 7. The largest absolute Gasteiger partial charge is 0.465 e. The molecule has 0 aromatic rings. The molecule has 0 aliphatic heterocycles. The van der Waals surface area contributed by atoms with Gasteiger partial charge in [0.1, 0.15) is 0 Å². The molecule has 33 heavy (non-hydrogen) atoms. The van der Waals surface area contributed by atoms with Crippen LogP contribution in [-0.2, 0) is 23.9 Å². The number of carbonyl (C=O) groups is 3. The first-order chi connectivity index (χ1) is 15.5. The summed E-state index contributed by atoms with van der Waals surface area (Å²) in [7, 11) is 3.81. The second kappa shape index (κ2) is 9.62. The number of carbonyl (C=O) groups excluding carboxylic acids is 3. The fraction of sp³-hybridized carbons (Fsp3) is 0.720. The third kappa shape index (κ3) is 4.12. The second-order valence-electron chi connectivity index (χ2n) is 9.86. The van der Waals surface area contributed by atoms with Crippen LogP contribution in [0.3, 0.4) is 0 Å². The molecule has 3 rings (SSSR count). The molecule has 2 fully saturated rings. The number of ketones is 1. The Balaban J connectivity index is 2.13. The van der Waals surface area contributed by atoms with Crippen molar-refractivity contribution in [1.29, 1.82) is 0 Å². The van der Waals surface area contributed by atoms with E-state index in [1.54, 1.807) is 19.9 Å². The summed E-state index contributed by atoms with van der Waals surface area (Å²) < 4.78 is 11.2. The Kier molecular flexibility index (Phi) is 7.61. The first-order valence-corrected chi connectivity index (χ1v) is 12.6. The summed E-state index contributed by atoms with van der Waals surface area (Å²) in [6.07, 6.45) is 5.47. The summed E-state index contributed by atoms with van der Waals surface area (Å²) >= 11 is 3.32. The zero-order valence-corrected chi connectivity index (χ0v) is 21.7. The molecule has 1 N–H and O–H groups in total. The summed E-state index contributed by atoms with van der Waals surface area (Å²) in [6, 6.07) is 0. The van der Waals surface area contributed by atoms with Gasteiger partial charge in [-0.2, -0.15) is 0 Å². The van der Waals surface area contributed by atoms with Gasteiger partial charge in [0.15, 0.2) is 11.2 Å². The number of nitrogens with zero attached hydrogens (tertiary/aromatic N) is 1. The van der Waals surface area contributed by atoms with Gasteiger partial charge in [-0.3, -0.25) is 19.3 Å². The predicted molar refractivity (Wildman–Crippen MR) is 128 cm³/mol. The molecule has 0 saturated heterocycles. The van der Waals surface area contributed by atoms with Gasteiger partial charge in [0.25, 0.3) is 0 Å². The Morgan fingerprint density at radius 1 is 1.24 bits per heavy atom. The van der Waals surface area contributed by atoms with Crippen molar-refractivity contribution >= 4 is 33.7 Å². The molecule has 2 saturated carbocycles. The van der Waals surface area contributed by atoms with Gasteiger partial charge in [0.05, 0.1) is 30.3 Å². The van der Waals surface area contributed by atoms with E-state index in [1.807, 2.05) is 19.0 Å². The molecule has 8 heteroatoms. The van der Waals surface area contributed by atoms with Crippen molar-refractivity contribution in [3.05, 3.63) is 22.7 Å². The summed E-state index contributed by atoms with van der Waals surface area (Å²) in [5.41, 5.74) is -2.83. The molecule has 3 aliphatic rings. The lowest BCUT2D eigenvalue weighted by atomic mass is 9.70. The number of fused-ring (bicyclic) bond motifs is 3. The van der Waals surface area contributed by atoms with Crippen LogP contribution in [0.2, 0.25) is 0 Å². The Morgan fingerprint density at radius 2 is 1.85 bits per heavy atom. The van der Waals surface area contributed by atoms with Crippen LogP contribution in [0.5, 0.6) is 0 Å². The van der Waals surface area contributed by atoms with Crippen molar-refractivity contribution in [2.45, 2.75) is 69.9 Å². The highest BCUT2D eigenvalue weighted by molar-refractivity contribution is 9.11. The van der Waals surface area contributed by atoms with E-state index in [2.05, 4.69) is 22.5 Å². The number of allylic oxidation sites excluding steroid dienone is 2. The van der Waals surface area contributed by atoms with Crippen LogP contribution in [0.1, 0.15) is 58.8 Å². The minimum atomic E-state index is -1.67. The zero-order chi connectivity index (χ0) is 24.6. The SMILES string of the molecule is C=C(Br)CC(CC1=CC(=O)[C@H]2[C@]3(O)CCCC[C@@H]3C[C@@]12N(C)C)(C(=O)OCC)C(=O)OCC. The van der Waals surface area contributed by atoms with E-state index in [4.69, 9.17) is 9.47 Å². The molecule has 0 spiro atoms. The van der Waals surface area contributed by atoms with Crippen LogP contribution in [0.15, 0.2) is 22.7 Å². The number of aliphatic hydroxyl groups is 1. The van der Waals surface area contributed by atoms with Gasteiger partial charge < -0.3 is 14.6 Å². The van der Waals surface area contributed by atoms with Crippen molar-refractivity contribution in [3.63, 3.8) is 0 Å². The second-order valence-corrected chi connectivity index (χ2v) is 11.0. The van der Waals surface area contributed by atoms with Gasteiger partial charge in [-0.25, -0.2) is 0 Å². The first kappa shape index (κ1) is 26.1. The lowest BCUT2D eigenvalue weighted by Gasteiger charge is -2.44. The predicted octanol–water partition coefficient (Wildman–Crippen LogP) is 3.54. The first-order valence-electron chi connectivity index (χ1n) is 11.8. The van der Waals surface area contributed by atoms with Crippen molar-refractivity contribution in [2.24, 2.45) is 17.3 Å². The third-order valence-electron chi connectivity index (χ3n) is 7.90. The molecule has 0 amide bonds. The van der Waals surface area contributed by atoms with Gasteiger partial charge in [-0.1, -0.05) is 35.4 Å². The smallest absolute Gasteiger partial charge is 0.324 e. The van der Waals surface area contributed by atoms with Gasteiger partial charge in [0, 0.05) is 6.42 Å². The number of likely N-dealkylation sites (N-methyl/N-ethyl adjacent to an activating group) is 1. The molecule has 0 heterocycles. The summed E-state index contributed by atoms with van der Waals surface area (Å²) in [5, 5.41) is 11.7. The Hall–Kier alpha value is -1.51. The number of rotatable bonds is 9. The number of esters is 2. The molecule has 3 aliphatic carbocycles. The Morgan fingerprint density at radius 3 is 2.36 bits per heavy atom. The molecule has 0 aromatic carbocycles. The van der Waals surface area contributed by atoms with Gasteiger partial charge in [0.2, 0.25) is 0 Å². The average molecular weight is 526 g/mol. The highest BCUT2D eigenvalue weighted by Gasteiger charge is 2.69. The lowest BCUT2D eigenvalue weighted by molar-refractivity contribution is -0.172. The molecule has 7 nitrogen and oxygen atoms in total. The van der Waals surface area contributed by atoms with Crippen LogP contribution >= 0.6 is 15.9 Å². The maximum atomic E-state index is 13.4. The van der Waals surface area contributed by atoms with Crippen molar-refractivity contribution in [3.8, 4) is 0 Å².